The van der Waals surface area contributed by atoms with E-state index in [4.69, 9.17) is 22.1 Å². The zero-order valence-electron chi connectivity index (χ0n) is 10.2. The molecule has 1 aliphatic carbocycles. The number of carbonyl (C=O) groups excluding carboxylic acids is 1. The summed E-state index contributed by atoms with van der Waals surface area (Å²) in [6.07, 6.45) is 3.05. The number of nitrogens with one attached hydrogen (secondary N) is 1. The van der Waals surface area contributed by atoms with E-state index in [-0.39, 0.29) is 23.0 Å². The lowest BCUT2D eigenvalue weighted by Crippen LogP contribution is -2.49. The lowest BCUT2D eigenvalue weighted by molar-refractivity contribution is -0.0679. The molecule has 1 aromatic heterocycles. The number of pyridine rings is 1. The monoisotopic (exact) mass is 269 g/mol. The fraction of sp³-hybridized carbons (Fsp3) is 0.500. The van der Waals surface area contributed by atoms with E-state index in [1.807, 2.05) is 0 Å². The number of anilines is 1. The SMILES string of the molecule is COC1(CNC(=O)c2nc(N)ccc2Cl)CCC1. The Bertz CT molecular complexity index is 455. The van der Waals surface area contributed by atoms with E-state index in [2.05, 4.69) is 10.3 Å². The zero-order valence-corrected chi connectivity index (χ0v) is 11.0. The fourth-order valence-electron chi connectivity index (χ4n) is 1.97. The number of nitrogen functional groups attached to an aromatic ring is 1. The van der Waals surface area contributed by atoms with Crippen LogP contribution in [0.3, 0.4) is 0 Å². The highest BCUT2D eigenvalue weighted by Crippen LogP contribution is 2.34. The van der Waals surface area contributed by atoms with Crippen LogP contribution in [0.25, 0.3) is 0 Å². The summed E-state index contributed by atoms with van der Waals surface area (Å²) in [4.78, 5) is 15.9. The molecule has 98 valence electrons. The Balaban J connectivity index is 2.01. The van der Waals surface area contributed by atoms with Gasteiger partial charge in [0.1, 0.15) is 11.5 Å². The largest absolute Gasteiger partial charge is 0.384 e. The smallest absolute Gasteiger partial charge is 0.271 e. The van der Waals surface area contributed by atoms with Crippen LogP contribution in [0.1, 0.15) is 29.8 Å². The minimum absolute atomic E-state index is 0.155. The van der Waals surface area contributed by atoms with Gasteiger partial charge < -0.3 is 15.8 Å². The molecule has 1 aromatic rings. The molecule has 6 heteroatoms. The van der Waals surface area contributed by atoms with Gasteiger partial charge in [-0.2, -0.15) is 0 Å². The summed E-state index contributed by atoms with van der Waals surface area (Å²) >= 11 is 5.91. The van der Waals surface area contributed by atoms with E-state index in [1.165, 1.54) is 0 Å². The molecule has 0 aromatic carbocycles. The summed E-state index contributed by atoms with van der Waals surface area (Å²) < 4.78 is 5.42. The molecule has 0 bridgehead atoms. The molecule has 0 unspecified atom stereocenters. The highest BCUT2D eigenvalue weighted by atomic mass is 35.5. The minimum atomic E-state index is -0.323. The third kappa shape index (κ3) is 2.57. The quantitative estimate of drug-likeness (QED) is 0.871. The van der Waals surface area contributed by atoms with Crippen molar-refractivity contribution in [2.24, 2.45) is 0 Å². The summed E-state index contributed by atoms with van der Waals surface area (Å²) in [6, 6.07) is 3.12. The molecule has 0 spiro atoms. The molecule has 0 atom stereocenters. The third-order valence-corrected chi connectivity index (χ3v) is 3.66. The van der Waals surface area contributed by atoms with Gasteiger partial charge >= 0.3 is 0 Å². The first-order valence-corrected chi connectivity index (χ1v) is 6.19. The molecule has 3 N–H and O–H groups in total. The maximum atomic E-state index is 12.0. The van der Waals surface area contributed by atoms with Crippen LogP contribution < -0.4 is 11.1 Å². The van der Waals surface area contributed by atoms with Gasteiger partial charge in [0.2, 0.25) is 0 Å². The molecule has 1 amide bonds. The molecule has 1 saturated carbocycles. The Labute approximate surface area is 111 Å². The van der Waals surface area contributed by atoms with Gasteiger partial charge in [-0.1, -0.05) is 11.6 Å². The molecular formula is C12H16ClN3O2. The summed E-state index contributed by atoms with van der Waals surface area (Å²) in [5.41, 5.74) is 5.47. The van der Waals surface area contributed by atoms with Crippen molar-refractivity contribution >= 4 is 23.3 Å². The predicted octanol–water partition coefficient (Wildman–Crippen LogP) is 1.62. The minimum Gasteiger partial charge on any atom is -0.384 e. The topological polar surface area (TPSA) is 77.2 Å². The lowest BCUT2D eigenvalue weighted by Gasteiger charge is -2.40. The number of amides is 1. The van der Waals surface area contributed by atoms with Crippen LogP contribution in [-0.4, -0.2) is 30.1 Å². The van der Waals surface area contributed by atoms with E-state index in [9.17, 15) is 4.79 Å². The zero-order chi connectivity index (χ0) is 13.2. The first-order valence-electron chi connectivity index (χ1n) is 5.82. The average molecular weight is 270 g/mol. The second-order valence-electron chi connectivity index (χ2n) is 4.49. The second kappa shape index (κ2) is 5.12. The van der Waals surface area contributed by atoms with E-state index >= 15 is 0 Å². The molecule has 1 aliphatic rings. The first kappa shape index (κ1) is 13.1. The van der Waals surface area contributed by atoms with Crippen molar-refractivity contribution < 1.29 is 9.53 Å². The molecule has 0 radical (unpaired) electrons. The highest BCUT2D eigenvalue weighted by Gasteiger charge is 2.37. The molecule has 5 nitrogen and oxygen atoms in total. The van der Waals surface area contributed by atoms with Crippen molar-refractivity contribution in [3.63, 3.8) is 0 Å². The maximum Gasteiger partial charge on any atom is 0.271 e. The van der Waals surface area contributed by atoms with Gasteiger partial charge in [-0.3, -0.25) is 4.79 Å². The number of aromatic nitrogens is 1. The summed E-state index contributed by atoms with van der Waals surface area (Å²) in [7, 11) is 1.66. The van der Waals surface area contributed by atoms with Crippen LogP contribution in [0.4, 0.5) is 5.82 Å². The number of ether oxygens (including phenoxy) is 1. The summed E-state index contributed by atoms with van der Waals surface area (Å²) in [5.74, 6) is -0.0507. The second-order valence-corrected chi connectivity index (χ2v) is 4.90. The van der Waals surface area contributed by atoms with Crippen molar-refractivity contribution in [2.75, 3.05) is 19.4 Å². The molecule has 1 heterocycles. The van der Waals surface area contributed by atoms with E-state index in [0.717, 1.165) is 19.3 Å². The standard InChI is InChI=1S/C12H16ClN3O2/c1-18-12(5-2-6-12)7-15-11(17)10-8(13)3-4-9(14)16-10/h3-4H,2,5-7H2,1H3,(H2,14,16)(H,15,17). The number of nitrogens with zero attached hydrogens (tertiary/aromatic N) is 1. The number of hydrogen-bond acceptors (Lipinski definition) is 4. The number of hydrogen-bond donors (Lipinski definition) is 2. The van der Waals surface area contributed by atoms with Crippen LogP contribution in [0, 0.1) is 0 Å². The Kier molecular flexibility index (Phi) is 3.73. The normalized spacial score (nSPS) is 17.0. The molecular weight excluding hydrogens is 254 g/mol. The van der Waals surface area contributed by atoms with Crippen LogP contribution in [0.5, 0.6) is 0 Å². The van der Waals surface area contributed by atoms with Crippen LogP contribution >= 0.6 is 11.6 Å². The number of rotatable bonds is 4. The third-order valence-electron chi connectivity index (χ3n) is 3.35. The number of halogens is 1. The number of nitrogens with two attached hydrogens (primary N) is 1. The van der Waals surface area contributed by atoms with Gasteiger partial charge in [0.15, 0.2) is 0 Å². The maximum absolute atomic E-state index is 12.0. The van der Waals surface area contributed by atoms with Gasteiger partial charge in [0.05, 0.1) is 10.6 Å². The molecule has 0 saturated heterocycles. The highest BCUT2D eigenvalue weighted by molar-refractivity contribution is 6.33. The van der Waals surface area contributed by atoms with Gasteiger partial charge in [-0.25, -0.2) is 4.98 Å². The van der Waals surface area contributed by atoms with E-state index in [1.54, 1.807) is 19.2 Å². The summed E-state index contributed by atoms with van der Waals surface area (Å²) in [6.45, 7) is 0.467. The van der Waals surface area contributed by atoms with Crippen molar-refractivity contribution in [3.8, 4) is 0 Å². The Morgan fingerprint density at radius 3 is 2.89 bits per heavy atom. The van der Waals surface area contributed by atoms with Gasteiger partial charge in [0.25, 0.3) is 5.91 Å². The average Bonchev–Trinajstić information content (AvgIpc) is 2.31. The van der Waals surface area contributed by atoms with Crippen molar-refractivity contribution in [1.82, 2.24) is 10.3 Å². The van der Waals surface area contributed by atoms with Gasteiger partial charge in [0, 0.05) is 13.7 Å². The summed E-state index contributed by atoms with van der Waals surface area (Å²) in [5, 5.41) is 3.09. The van der Waals surface area contributed by atoms with Crippen molar-refractivity contribution in [3.05, 3.63) is 22.8 Å². The lowest BCUT2D eigenvalue weighted by atomic mass is 9.80. The van der Waals surface area contributed by atoms with Crippen molar-refractivity contribution in [1.29, 1.82) is 0 Å². The Morgan fingerprint density at radius 2 is 2.33 bits per heavy atom. The Morgan fingerprint density at radius 1 is 1.61 bits per heavy atom. The number of methoxy groups -OCH3 is 1. The van der Waals surface area contributed by atoms with Gasteiger partial charge in [-0.15, -0.1) is 0 Å². The Hall–Kier alpha value is -1.33. The van der Waals surface area contributed by atoms with Crippen molar-refractivity contribution in [2.45, 2.75) is 24.9 Å². The first-order chi connectivity index (χ1) is 8.56. The van der Waals surface area contributed by atoms with Crippen LogP contribution in [0.15, 0.2) is 12.1 Å². The number of carbonyl (C=O) groups is 1. The van der Waals surface area contributed by atoms with E-state index < -0.39 is 0 Å². The molecule has 0 aliphatic heterocycles. The van der Waals surface area contributed by atoms with Gasteiger partial charge in [-0.05, 0) is 31.4 Å². The van der Waals surface area contributed by atoms with Crippen LogP contribution in [0.2, 0.25) is 5.02 Å². The molecule has 18 heavy (non-hydrogen) atoms. The fourth-order valence-corrected chi connectivity index (χ4v) is 2.16. The van der Waals surface area contributed by atoms with E-state index in [0.29, 0.717) is 11.6 Å². The predicted molar refractivity (Wildman–Crippen MR) is 69.6 cm³/mol. The molecule has 2 rings (SSSR count). The van der Waals surface area contributed by atoms with Crippen LogP contribution in [-0.2, 0) is 4.74 Å². The molecule has 1 fully saturated rings.